The van der Waals surface area contributed by atoms with E-state index in [4.69, 9.17) is 10.1 Å². The molecule has 27 heavy (non-hydrogen) atoms. The van der Waals surface area contributed by atoms with Crippen molar-refractivity contribution in [2.24, 2.45) is 0 Å². The Morgan fingerprint density at radius 1 is 1.30 bits per heavy atom. The van der Waals surface area contributed by atoms with Crippen LogP contribution in [-0.4, -0.2) is 35.4 Å². The molecule has 2 aromatic rings. The maximum absolute atomic E-state index is 13.2. The average Bonchev–Trinajstić information content (AvgIpc) is 3.45. The molecule has 2 aliphatic rings. The molecule has 0 bridgehead atoms. The Morgan fingerprint density at radius 2 is 2.11 bits per heavy atom. The molecule has 1 aliphatic heterocycles. The first-order valence-corrected chi connectivity index (χ1v) is 8.47. The second-order valence-electron chi connectivity index (χ2n) is 6.32. The van der Waals surface area contributed by atoms with Crippen LogP contribution < -0.4 is 20.7 Å². The molecule has 0 radical (unpaired) electrons. The van der Waals surface area contributed by atoms with E-state index in [1.807, 2.05) is 0 Å². The number of halogens is 3. The van der Waals surface area contributed by atoms with Gasteiger partial charge in [0.25, 0.3) is 0 Å². The summed E-state index contributed by atoms with van der Waals surface area (Å²) in [5.74, 6) is 0.402. The highest BCUT2D eigenvalue weighted by molar-refractivity contribution is 5.96. The van der Waals surface area contributed by atoms with E-state index in [0.717, 1.165) is 25.3 Å². The van der Waals surface area contributed by atoms with Crippen LogP contribution in [0.3, 0.4) is 0 Å². The minimum absolute atomic E-state index is 0.0103. The van der Waals surface area contributed by atoms with Gasteiger partial charge in [0.2, 0.25) is 5.95 Å². The zero-order chi connectivity index (χ0) is 19.0. The molecule has 10 heteroatoms. The summed E-state index contributed by atoms with van der Waals surface area (Å²) in [7, 11) is 0. The molecule has 7 nitrogen and oxygen atoms in total. The third-order valence-corrected chi connectivity index (χ3v) is 4.27. The van der Waals surface area contributed by atoms with Gasteiger partial charge in [-0.25, -0.2) is 4.98 Å². The van der Waals surface area contributed by atoms with Crippen molar-refractivity contribution in [1.29, 1.82) is 5.41 Å². The molecule has 1 fully saturated rings. The first-order valence-electron chi connectivity index (χ1n) is 8.47. The van der Waals surface area contributed by atoms with E-state index < -0.39 is 11.7 Å². The van der Waals surface area contributed by atoms with Gasteiger partial charge in [0.15, 0.2) is 0 Å². The Balaban J connectivity index is 1.67. The molecule has 4 rings (SSSR count). The van der Waals surface area contributed by atoms with Crippen LogP contribution in [0.4, 0.5) is 36.3 Å². The van der Waals surface area contributed by atoms with Crippen molar-refractivity contribution in [1.82, 2.24) is 9.97 Å². The number of anilines is 4. The fourth-order valence-electron chi connectivity index (χ4n) is 2.80. The molecule has 142 valence electrons. The highest BCUT2D eigenvalue weighted by atomic mass is 19.4. The molecule has 1 aromatic carbocycles. The van der Waals surface area contributed by atoms with E-state index in [2.05, 4.69) is 25.9 Å². The molecule has 1 aromatic heterocycles. The Hall–Kier alpha value is -3.04. The van der Waals surface area contributed by atoms with Gasteiger partial charge in [-0.2, -0.15) is 18.2 Å². The summed E-state index contributed by atoms with van der Waals surface area (Å²) < 4.78 is 45.1. The summed E-state index contributed by atoms with van der Waals surface area (Å²) in [5.41, 5.74) is 0.781. The van der Waals surface area contributed by atoms with E-state index in [0.29, 0.717) is 35.8 Å². The lowest BCUT2D eigenvalue weighted by Crippen LogP contribution is -2.20. The van der Waals surface area contributed by atoms with Gasteiger partial charge < -0.3 is 26.1 Å². The zero-order valence-corrected chi connectivity index (χ0v) is 14.2. The standard InChI is InChI=1S/C17H17F3N6O/c18-17(19,20)11-8-23-16(26-15(11)24-9-1-2-9)25-12-3-4-13-14(10(12)7-21)22-5-6-27-13/h3-4,7-9,21-22H,1-2,5-6H2,(H2,23,24,25,26). The average molecular weight is 378 g/mol. The molecular formula is C17H17F3N6O. The van der Waals surface area contributed by atoms with Gasteiger partial charge in [0.05, 0.1) is 11.4 Å². The third-order valence-electron chi connectivity index (χ3n) is 4.27. The Kier molecular flexibility index (Phi) is 4.25. The number of alkyl halides is 3. The van der Waals surface area contributed by atoms with Crippen LogP contribution in [0, 0.1) is 5.41 Å². The smallest absolute Gasteiger partial charge is 0.421 e. The summed E-state index contributed by atoms with van der Waals surface area (Å²) in [6.07, 6.45) is -0.986. The van der Waals surface area contributed by atoms with Gasteiger partial charge in [0.1, 0.15) is 23.7 Å². The Labute approximate surface area is 152 Å². The second kappa shape index (κ2) is 6.60. The molecule has 4 N–H and O–H groups in total. The topological polar surface area (TPSA) is 95.0 Å². The van der Waals surface area contributed by atoms with Crippen LogP contribution in [0.2, 0.25) is 0 Å². The van der Waals surface area contributed by atoms with Gasteiger partial charge in [0, 0.05) is 30.6 Å². The van der Waals surface area contributed by atoms with Gasteiger partial charge >= 0.3 is 6.18 Å². The number of ether oxygens (including phenoxy) is 1. The summed E-state index contributed by atoms with van der Waals surface area (Å²) in [6, 6.07) is 3.42. The number of nitrogens with one attached hydrogen (secondary N) is 4. The molecule has 1 aliphatic carbocycles. The summed E-state index contributed by atoms with van der Waals surface area (Å²) >= 11 is 0. The first kappa shape index (κ1) is 17.4. The molecule has 0 atom stereocenters. The normalized spacial score (nSPS) is 16.0. The predicted octanol–water partition coefficient (Wildman–Crippen LogP) is 3.62. The molecule has 0 unspecified atom stereocenters. The Bertz CT molecular complexity index is 882. The van der Waals surface area contributed by atoms with Crippen molar-refractivity contribution < 1.29 is 17.9 Å². The quantitative estimate of drug-likeness (QED) is 0.594. The number of hydrogen-bond donors (Lipinski definition) is 4. The molecule has 2 heterocycles. The molecule has 0 saturated heterocycles. The van der Waals surface area contributed by atoms with Gasteiger partial charge in [-0.15, -0.1) is 0 Å². The van der Waals surface area contributed by atoms with E-state index in [1.165, 1.54) is 0 Å². The second-order valence-corrected chi connectivity index (χ2v) is 6.32. The van der Waals surface area contributed by atoms with Crippen LogP contribution in [0.5, 0.6) is 5.75 Å². The molecule has 0 spiro atoms. The van der Waals surface area contributed by atoms with Crippen LogP contribution in [0.25, 0.3) is 0 Å². The van der Waals surface area contributed by atoms with Crippen molar-refractivity contribution in [2.75, 3.05) is 29.1 Å². The van der Waals surface area contributed by atoms with Crippen LogP contribution in [0.1, 0.15) is 24.0 Å². The van der Waals surface area contributed by atoms with E-state index in [1.54, 1.807) is 12.1 Å². The minimum atomic E-state index is -4.54. The highest BCUT2D eigenvalue weighted by Crippen LogP contribution is 2.38. The molecule has 1 saturated carbocycles. The summed E-state index contributed by atoms with van der Waals surface area (Å²) in [5, 5.41) is 16.6. The van der Waals surface area contributed by atoms with Crippen LogP contribution in [-0.2, 0) is 6.18 Å². The van der Waals surface area contributed by atoms with E-state index in [-0.39, 0.29) is 17.8 Å². The fourth-order valence-corrected chi connectivity index (χ4v) is 2.80. The predicted molar refractivity (Wildman–Crippen MR) is 95.3 cm³/mol. The maximum Gasteiger partial charge on any atom is 0.421 e. The maximum atomic E-state index is 13.2. The number of hydrogen-bond acceptors (Lipinski definition) is 7. The van der Waals surface area contributed by atoms with E-state index >= 15 is 0 Å². The van der Waals surface area contributed by atoms with Crippen molar-refractivity contribution >= 4 is 29.4 Å². The lowest BCUT2D eigenvalue weighted by atomic mass is 10.1. The number of nitrogens with zero attached hydrogens (tertiary/aromatic N) is 2. The van der Waals surface area contributed by atoms with Gasteiger partial charge in [-0.1, -0.05) is 0 Å². The lowest BCUT2D eigenvalue weighted by molar-refractivity contribution is -0.137. The van der Waals surface area contributed by atoms with E-state index in [9.17, 15) is 13.2 Å². The first-order chi connectivity index (χ1) is 13.0. The SMILES string of the molecule is N=Cc1c(Nc2ncc(C(F)(F)F)c(NC3CC3)n2)ccc2c1NCCO2. The van der Waals surface area contributed by atoms with Crippen molar-refractivity contribution in [3.63, 3.8) is 0 Å². The highest BCUT2D eigenvalue weighted by Gasteiger charge is 2.37. The number of benzene rings is 1. The largest absolute Gasteiger partial charge is 0.490 e. The van der Waals surface area contributed by atoms with Crippen LogP contribution in [0.15, 0.2) is 18.3 Å². The van der Waals surface area contributed by atoms with Gasteiger partial charge in [-0.05, 0) is 25.0 Å². The molecular weight excluding hydrogens is 361 g/mol. The van der Waals surface area contributed by atoms with Gasteiger partial charge in [-0.3, -0.25) is 0 Å². The zero-order valence-electron chi connectivity index (χ0n) is 14.2. The molecule has 0 amide bonds. The third kappa shape index (κ3) is 3.60. The monoisotopic (exact) mass is 378 g/mol. The van der Waals surface area contributed by atoms with Crippen molar-refractivity contribution in [3.05, 3.63) is 29.5 Å². The fraction of sp³-hybridized carbons (Fsp3) is 0.353. The summed E-state index contributed by atoms with van der Waals surface area (Å²) in [6.45, 7) is 1.12. The summed E-state index contributed by atoms with van der Waals surface area (Å²) in [4.78, 5) is 7.83. The van der Waals surface area contributed by atoms with Crippen molar-refractivity contribution in [2.45, 2.75) is 25.1 Å². The van der Waals surface area contributed by atoms with Crippen LogP contribution >= 0.6 is 0 Å². The lowest BCUT2D eigenvalue weighted by Gasteiger charge is -2.22. The number of fused-ring (bicyclic) bond motifs is 1. The van der Waals surface area contributed by atoms with Crippen molar-refractivity contribution in [3.8, 4) is 5.75 Å². The number of rotatable bonds is 5. The Morgan fingerprint density at radius 3 is 2.81 bits per heavy atom. The number of aromatic nitrogens is 2. The minimum Gasteiger partial charge on any atom is -0.490 e.